The lowest BCUT2D eigenvalue weighted by molar-refractivity contribution is 0.563. The van der Waals surface area contributed by atoms with E-state index in [1.807, 2.05) is 12.1 Å². The number of rotatable bonds is 1. The smallest absolute Gasteiger partial charge is 0.161 e. The SMILES string of the molecule is Cc1cccc(-c2nc(Cl)c(I)c(C(C)(C)C)n2)c1C. The highest BCUT2D eigenvalue weighted by Gasteiger charge is 2.23. The van der Waals surface area contributed by atoms with Gasteiger partial charge in [-0.2, -0.15) is 0 Å². The van der Waals surface area contributed by atoms with Gasteiger partial charge in [-0.3, -0.25) is 0 Å². The zero-order valence-corrected chi connectivity index (χ0v) is 15.3. The van der Waals surface area contributed by atoms with Crippen LogP contribution in [0.2, 0.25) is 5.15 Å². The molecule has 2 nitrogen and oxygen atoms in total. The summed E-state index contributed by atoms with van der Waals surface area (Å²) in [5.41, 5.74) is 4.42. The average molecular weight is 401 g/mol. The van der Waals surface area contributed by atoms with E-state index >= 15 is 0 Å². The molecule has 0 amide bonds. The van der Waals surface area contributed by atoms with E-state index in [1.54, 1.807) is 0 Å². The van der Waals surface area contributed by atoms with E-state index in [-0.39, 0.29) is 5.41 Å². The molecular formula is C16H18ClIN2. The van der Waals surface area contributed by atoms with Crippen molar-refractivity contribution < 1.29 is 0 Å². The molecule has 0 bridgehead atoms. The Balaban J connectivity index is 2.71. The molecule has 0 saturated carbocycles. The van der Waals surface area contributed by atoms with E-state index in [2.05, 4.69) is 68.3 Å². The minimum Gasteiger partial charge on any atom is -0.231 e. The molecule has 2 rings (SSSR count). The number of hydrogen-bond acceptors (Lipinski definition) is 2. The Morgan fingerprint density at radius 1 is 1.10 bits per heavy atom. The van der Waals surface area contributed by atoms with E-state index in [9.17, 15) is 0 Å². The maximum Gasteiger partial charge on any atom is 0.161 e. The third kappa shape index (κ3) is 2.98. The number of benzene rings is 1. The van der Waals surface area contributed by atoms with E-state index in [1.165, 1.54) is 11.1 Å². The predicted octanol–water partition coefficient (Wildman–Crippen LogP) is 5.32. The van der Waals surface area contributed by atoms with Crippen LogP contribution in [-0.2, 0) is 5.41 Å². The molecule has 1 aromatic carbocycles. The first-order chi connectivity index (χ1) is 9.21. The molecule has 0 saturated heterocycles. The summed E-state index contributed by atoms with van der Waals surface area (Å²) in [4.78, 5) is 9.24. The van der Waals surface area contributed by atoms with Gasteiger partial charge in [-0.25, -0.2) is 9.97 Å². The Morgan fingerprint density at radius 3 is 2.35 bits per heavy atom. The summed E-state index contributed by atoms with van der Waals surface area (Å²) in [5.74, 6) is 0.710. The minimum absolute atomic E-state index is 0.0599. The molecule has 0 aliphatic rings. The molecule has 2 aromatic rings. The summed E-state index contributed by atoms with van der Waals surface area (Å²) in [6, 6.07) is 6.18. The summed E-state index contributed by atoms with van der Waals surface area (Å²) in [7, 11) is 0. The molecule has 0 radical (unpaired) electrons. The van der Waals surface area contributed by atoms with Crippen molar-refractivity contribution in [1.29, 1.82) is 0 Å². The van der Waals surface area contributed by atoms with Crippen molar-refractivity contribution in [1.82, 2.24) is 9.97 Å². The van der Waals surface area contributed by atoms with Crippen LogP contribution in [-0.4, -0.2) is 9.97 Å². The van der Waals surface area contributed by atoms with Crippen molar-refractivity contribution in [3.63, 3.8) is 0 Å². The third-order valence-electron chi connectivity index (χ3n) is 3.37. The lowest BCUT2D eigenvalue weighted by Gasteiger charge is -2.21. The highest BCUT2D eigenvalue weighted by molar-refractivity contribution is 14.1. The number of nitrogens with zero attached hydrogens (tertiary/aromatic N) is 2. The summed E-state index contributed by atoms with van der Waals surface area (Å²) < 4.78 is 0.936. The Hall–Kier alpha value is -0.680. The van der Waals surface area contributed by atoms with Gasteiger partial charge in [0.15, 0.2) is 5.82 Å². The van der Waals surface area contributed by atoms with Gasteiger partial charge in [0.05, 0.1) is 9.26 Å². The fraction of sp³-hybridized carbons (Fsp3) is 0.375. The van der Waals surface area contributed by atoms with Gasteiger partial charge in [0, 0.05) is 11.0 Å². The van der Waals surface area contributed by atoms with Crippen molar-refractivity contribution in [3.05, 3.63) is 43.7 Å². The zero-order chi connectivity index (χ0) is 15.1. The molecule has 0 fully saturated rings. The summed E-state index contributed by atoms with van der Waals surface area (Å²) in [5, 5.41) is 0.529. The number of aryl methyl sites for hydroxylation is 1. The van der Waals surface area contributed by atoms with Gasteiger partial charge in [0.1, 0.15) is 5.15 Å². The van der Waals surface area contributed by atoms with Crippen LogP contribution in [0.25, 0.3) is 11.4 Å². The van der Waals surface area contributed by atoms with Crippen molar-refractivity contribution in [2.45, 2.75) is 40.0 Å². The van der Waals surface area contributed by atoms with Crippen LogP contribution in [0.5, 0.6) is 0 Å². The third-order valence-corrected chi connectivity index (χ3v) is 4.98. The van der Waals surface area contributed by atoms with Crippen molar-refractivity contribution >= 4 is 34.2 Å². The second-order valence-electron chi connectivity index (χ2n) is 6.00. The number of hydrogen-bond donors (Lipinski definition) is 0. The van der Waals surface area contributed by atoms with Crippen LogP contribution in [0, 0.1) is 17.4 Å². The fourth-order valence-electron chi connectivity index (χ4n) is 2.03. The summed E-state index contributed by atoms with van der Waals surface area (Å²) in [6.45, 7) is 10.6. The van der Waals surface area contributed by atoms with E-state index in [0.717, 1.165) is 14.8 Å². The van der Waals surface area contributed by atoms with Gasteiger partial charge in [0.25, 0.3) is 0 Å². The molecular weight excluding hydrogens is 383 g/mol. The Bertz CT molecular complexity index is 660. The van der Waals surface area contributed by atoms with Crippen molar-refractivity contribution in [3.8, 4) is 11.4 Å². The molecule has 1 heterocycles. The minimum atomic E-state index is -0.0599. The molecule has 1 aromatic heterocycles. The van der Waals surface area contributed by atoms with Gasteiger partial charge in [-0.05, 0) is 47.6 Å². The number of aromatic nitrogens is 2. The molecule has 0 unspecified atom stereocenters. The fourth-order valence-corrected chi connectivity index (χ4v) is 3.25. The number of halogens is 2. The summed E-state index contributed by atoms with van der Waals surface area (Å²) >= 11 is 8.53. The van der Waals surface area contributed by atoms with Gasteiger partial charge in [0.2, 0.25) is 0 Å². The Labute approximate surface area is 139 Å². The lowest BCUT2D eigenvalue weighted by Crippen LogP contribution is -2.17. The first-order valence-electron chi connectivity index (χ1n) is 6.52. The maximum atomic E-state index is 6.31. The van der Waals surface area contributed by atoms with Crippen LogP contribution < -0.4 is 0 Å². The van der Waals surface area contributed by atoms with Gasteiger partial charge in [-0.15, -0.1) is 0 Å². The first-order valence-corrected chi connectivity index (χ1v) is 7.97. The zero-order valence-electron chi connectivity index (χ0n) is 12.4. The molecule has 0 spiro atoms. The molecule has 0 aliphatic carbocycles. The molecule has 0 atom stereocenters. The van der Waals surface area contributed by atoms with E-state index in [4.69, 9.17) is 16.6 Å². The highest BCUT2D eigenvalue weighted by atomic mass is 127. The molecule has 106 valence electrons. The van der Waals surface area contributed by atoms with E-state index in [0.29, 0.717) is 11.0 Å². The van der Waals surface area contributed by atoms with E-state index < -0.39 is 0 Å². The average Bonchev–Trinajstić information content (AvgIpc) is 2.34. The maximum absolute atomic E-state index is 6.31. The monoisotopic (exact) mass is 400 g/mol. The van der Waals surface area contributed by atoms with Crippen molar-refractivity contribution in [2.75, 3.05) is 0 Å². The Kier molecular flexibility index (Phi) is 4.40. The van der Waals surface area contributed by atoms with Gasteiger partial charge >= 0.3 is 0 Å². The van der Waals surface area contributed by atoms with Gasteiger partial charge in [-0.1, -0.05) is 50.6 Å². The second kappa shape index (κ2) is 5.60. The highest BCUT2D eigenvalue weighted by Crippen LogP contribution is 2.32. The second-order valence-corrected chi connectivity index (χ2v) is 7.43. The topological polar surface area (TPSA) is 25.8 Å². The van der Waals surface area contributed by atoms with Crippen LogP contribution in [0.15, 0.2) is 18.2 Å². The lowest BCUT2D eigenvalue weighted by atomic mass is 9.92. The van der Waals surface area contributed by atoms with Crippen LogP contribution in [0.1, 0.15) is 37.6 Å². The Morgan fingerprint density at radius 2 is 1.75 bits per heavy atom. The molecule has 4 heteroatoms. The van der Waals surface area contributed by atoms with Crippen molar-refractivity contribution in [2.24, 2.45) is 0 Å². The molecule has 0 N–H and O–H groups in total. The quantitative estimate of drug-likeness (QED) is 0.478. The molecule has 20 heavy (non-hydrogen) atoms. The predicted molar refractivity (Wildman–Crippen MR) is 93.4 cm³/mol. The largest absolute Gasteiger partial charge is 0.231 e. The normalized spacial score (nSPS) is 11.8. The first kappa shape index (κ1) is 15.7. The van der Waals surface area contributed by atoms with Crippen LogP contribution in [0.3, 0.4) is 0 Å². The standard InChI is InChI=1S/C16H18ClIN2/c1-9-7-6-8-11(10(9)2)15-19-13(16(3,4)5)12(18)14(17)20-15/h6-8H,1-5H3. The van der Waals surface area contributed by atoms with Crippen LogP contribution >= 0.6 is 34.2 Å². The molecule has 0 aliphatic heterocycles. The van der Waals surface area contributed by atoms with Gasteiger partial charge < -0.3 is 0 Å². The van der Waals surface area contributed by atoms with Crippen LogP contribution in [0.4, 0.5) is 0 Å². The summed E-state index contributed by atoms with van der Waals surface area (Å²) in [6.07, 6.45) is 0.